The molecule has 17 nitrogen and oxygen atoms in total. The number of nitrogens with zero attached hydrogens (tertiary/aromatic N) is 1. The number of amides is 2. The van der Waals surface area contributed by atoms with Crippen LogP contribution in [0.15, 0.2) is 88.7 Å². The number of rotatable bonds is 20. The summed E-state index contributed by atoms with van der Waals surface area (Å²) in [6, 6.07) is 19.4. The van der Waals surface area contributed by atoms with Gasteiger partial charge in [-0.25, -0.2) is 14.4 Å². The van der Waals surface area contributed by atoms with E-state index in [1.54, 1.807) is 87.2 Å². The lowest BCUT2D eigenvalue weighted by atomic mass is 10.1. The molecule has 0 aliphatic carbocycles. The van der Waals surface area contributed by atoms with Gasteiger partial charge in [-0.05, 0) is 105 Å². The zero-order valence-corrected chi connectivity index (χ0v) is 35.2. The van der Waals surface area contributed by atoms with Crippen LogP contribution in [0.2, 0.25) is 0 Å². The van der Waals surface area contributed by atoms with Crippen LogP contribution < -0.4 is 20.3 Å². The Balaban J connectivity index is 1.37. The molecule has 0 aromatic heterocycles. The quantitative estimate of drug-likeness (QED) is 0.0745. The predicted molar refractivity (Wildman–Crippen MR) is 219 cm³/mol. The van der Waals surface area contributed by atoms with E-state index in [0.717, 1.165) is 5.56 Å². The van der Waals surface area contributed by atoms with E-state index in [1.165, 1.54) is 24.3 Å². The highest BCUT2D eigenvalue weighted by atomic mass is 32.2. The summed E-state index contributed by atoms with van der Waals surface area (Å²) in [5, 5.41) is 22.7. The van der Waals surface area contributed by atoms with Gasteiger partial charge in [-0.3, -0.25) is 18.5 Å². The number of aliphatic carboxylic acids is 2. The third-order valence-electron chi connectivity index (χ3n) is 8.93. The number of hydrogen-bond donors (Lipinski definition) is 4. The first-order chi connectivity index (χ1) is 28.2. The first-order valence-electron chi connectivity index (χ1n) is 18.5. The number of aryl methyl sites for hydroxylation is 5. The molecule has 4 rings (SSSR count). The molecule has 60 heavy (non-hydrogen) atoms. The highest BCUT2D eigenvalue weighted by Gasteiger charge is 2.24. The lowest BCUT2D eigenvalue weighted by Gasteiger charge is -2.25. The summed E-state index contributed by atoms with van der Waals surface area (Å²) < 4.78 is 74.1. The van der Waals surface area contributed by atoms with Crippen molar-refractivity contribution in [3.63, 3.8) is 0 Å². The number of anilines is 2. The Morgan fingerprint density at radius 1 is 0.700 bits per heavy atom. The Hall–Kier alpha value is -6.02. The number of carboxylic acids is 2. The van der Waals surface area contributed by atoms with Crippen molar-refractivity contribution in [3.8, 4) is 5.75 Å². The van der Waals surface area contributed by atoms with E-state index < -0.39 is 56.8 Å². The Labute approximate surface area is 348 Å². The molecule has 0 unspecified atom stereocenters. The van der Waals surface area contributed by atoms with Gasteiger partial charge in [0.05, 0.1) is 23.0 Å². The molecule has 0 heterocycles. The fourth-order valence-electron chi connectivity index (χ4n) is 6.27. The zero-order valence-electron chi connectivity index (χ0n) is 33.6. The summed E-state index contributed by atoms with van der Waals surface area (Å²) in [7, 11) is -8.27. The Bertz CT molecular complexity index is 2360. The predicted octanol–water partition coefficient (Wildman–Crippen LogP) is 6.00. The van der Waals surface area contributed by atoms with E-state index in [1.807, 2.05) is 6.92 Å². The minimum Gasteiger partial charge on any atom is -0.481 e. The summed E-state index contributed by atoms with van der Waals surface area (Å²) in [6.07, 6.45) is -2.70. The molecule has 2 amide bonds. The number of ether oxygens (including phenoxy) is 2. The summed E-state index contributed by atoms with van der Waals surface area (Å²) in [6.45, 7) is 7.93. The van der Waals surface area contributed by atoms with Crippen molar-refractivity contribution in [3.05, 3.63) is 112 Å². The van der Waals surface area contributed by atoms with Crippen LogP contribution >= 0.6 is 0 Å². The lowest BCUT2D eigenvalue weighted by molar-refractivity contribution is -0.140. The molecule has 0 aliphatic heterocycles. The highest BCUT2D eigenvalue weighted by molar-refractivity contribution is 7.87. The van der Waals surface area contributed by atoms with E-state index in [2.05, 4.69) is 10.6 Å². The van der Waals surface area contributed by atoms with Crippen molar-refractivity contribution in [2.45, 2.75) is 69.9 Å². The fraction of sp³-hybridized carbons (Fsp3) is 0.317. The summed E-state index contributed by atoms with van der Waals surface area (Å²) in [5.74, 6) is -2.58. The lowest BCUT2D eigenvalue weighted by Crippen LogP contribution is -2.42. The molecule has 0 aliphatic rings. The van der Waals surface area contributed by atoms with Gasteiger partial charge in [-0.15, -0.1) is 0 Å². The van der Waals surface area contributed by atoms with Gasteiger partial charge >= 0.3 is 24.1 Å². The Kier molecular flexibility index (Phi) is 16.2. The molecule has 4 N–H and O–H groups in total. The molecule has 0 bridgehead atoms. The van der Waals surface area contributed by atoms with Crippen LogP contribution in [0.25, 0.3) is 0 Å². The van der Waals surface area contributed by atoms with Gasteiger partial charge < -0.3 is 29.9 Å². The third-order valence-corrected chi connectivity index (χ3v) is 12.2. The van der Waals surface area contributed by atoms with E-state index in [9.17, 15) is 41.1 Å². The molecular formula is C41H47N3O14S2. The van der Waals surface area contributed by atoms with Gasteiger partial charge in [0.2, 0.25) is 0 Å². The molecule has 0 saturated carbocycles. The highest BCUT2D eigenvalue weighted by Crippen LogP contribution is 2.25. The number of nitrogens with one attached hydrogen (secondary N) is 2. The van der Waals surface area contributed by atoms with E-state index in [-0.39, 0.29) is 54.9 Å². The summed E-state index contributed by atoms with van der Waals surface area (Å²) >= 11 is 0. The van der Waals surface area contributed by atoms with E-state index >= 15 is 0 Å². The van der Waals surface area contributed by atoms with Gasteiger partial charge in [0, 0.05) is 30.9 Å². The summed E-state index contributed by atoms with van der Waals surface area (Å²) in [4.78, 5) is 48.7. The maximum absolute atomic E-state index is 13.3. The second-order valence-electron chi connectivity index (χ2n) is 13.7. The molecule has 1 atom stereocenters. The third kappa shape index (κ3) is 13.5. The first-order valence-corrected chi connectivity index (χ1v) is 21.3. The van der Waals surface area contributed by atoms with Crippen molar-refractivity contribution < 1.29 is 64.1 Å². The standard InChI is InChI=1S/C41H47N3O14S2/c1-26-23-29(4)38(30(5)24-26)60(53,54)57-22-20-44(19-21-56-59(51,52)37-27(2)7-6-8-28(37)3)33-13-11-32(12-14-33)42-40(49)55-25-31-9-15-34(16-10-31)58-41(50)43-35(39(47)48)17-18-36(45)46/h6-16,23-24,35H,17-22,25H2,1-5H3,(H,42,49)(H,43,50)(H,45,46)(H,47,48)/t35-/m0/s1. The van der Waals surface area contributed by atoms with Crippen LogP contribution in [-0.2, 0) is 49.5 Å². The van der Waals surface area contributed by atoms with Gasteiger partial charge in [0.15, 0.2) is 0 Å². The second-order valence-corrected chi connectivity index (χ2v) is 16.8. The van der Waals surface area contributed by atoms with Crippen LogP contribution in [0.3, 0.4) is 0 Å². The number of carbonyl (C=O) groups excluding carboxylic acids is 2. The van der Waals surface area contributed by atoms with Crippen molar-refractivity contribution >= 4 is 55.7 Å². The van der Waals surface area contributed by atoms with Crippen molar-refractivity contribution in [1.29, 1.82) is 0 Å². The SMILES string of the molecule is Cc1cc(C)c(S(=O)(=O)OCCN(CCOS(=O)(=O)c2c(C)cccc2C)c2ccc(NC(=O)OCc3ccc(OC(=O)N[C@@H](CCC(=O)O)C(=O)O)cc3)cc2)c(C)c1. The monoisotopic (exact) mass is 869 g/mol. The molecule has 0 radical (unpaired) electrons. The van der Waals surface area contributed by atoms with Crippen LogP contribution in [0.5, 0.6) is 5.75 Å². The van der Waals surface area contributed by atoms with Crippen LogP contribution in [0.4, 0.5) is 21.0 Å². The van der Waals surface area contributed by atoms with Gasteiger partial charge in [-0.1, -0.05) is 48.0 Å². The number of carbonyl (C=O) groups is 4. The molecule has 4 aromatic rings. The maximum atomic E-state index is 13.3. The molecular weight excluding hydrogens is 823 g/mol. The fourth-order valence-corrected chi connectivity index (χ4v) is 8.93. The molecule has 322 valence electrons. The molecule has 19 heteroatoms. The number of hydrogen-bond acceptors (Lipinski definition) is 13. The average Bonchev–Trinajstić information content (AvgIpc) is 3.15. The van der Waals surface area contributed by atoms with Gasteiger partial charge in [0.25, 0.3) is 20.2 Å². The minimum absolute atomic E-state index is 0.0228. The Morgan fingerprint density at radius 2 is 1.23 bits per heavy atom. The minimum atomic E-state index is -4.14. The molecule has 0 fully saturated rings. The van der Waals surface area contributed by atoms with E-state index in [0.29, 0.717) is 39.2 Å². The van der Waals surface area contributed by atoms with Gasteiger partial charge in [0.1, 0.15) is 18.4 Å². The molecule has 0 spiro atoms. The molecule has 4 aromatic carbocycles. The zero-order chi connectivity index (χ0) is 44.2. The number of carboxylic acid groups (broad SMARTS) is 2. The Morgan fingerprint density at radius 3 is 1.75 bits per heavy atom. The average molecular weight is 870 g/mol. The van der Waals surface area contributed by atoms with Crippen molar-refractivity contribution in [2.24, 2.45) is 0 Å². The van der Waals surface area contributed by atoms with Crippen molar-refractivity contribution in [2.75, 3.05) is 36.5 Å². The van der Waals surface area contributed by atoms with Gasteiger partial charge in [-0.2, -0.15) is 16.8 Å². The van der Waals surface area contributed by atoms with E-state index in [4.69, 9.17) is 22.9 Å². The van der Waals surface area contributed by atoms with Crippen LogP contribution in [0.1, 0.15) is 46.2 Å². The maximum Gasteiger partial charge on any atom is 0.413 e. The van der Waals surface area contributed by atoms with Crippen LogP contribution in [0, 0.1) is 34.6 Å². The smallest absolute Gasteiger partial charge is 0.413 e. The largest absolute Gasteiger partial charge is 0.481 e. The topological polar surface area (TPSA) is 241 Å². The normalized spacial score (nSPS) is 11.9. The second kappa shape index (κ2) is 20.8. The molecule has 0 saturated heterocycles. The first kappa shape index (κ1) is 46.7. The summed E-state index contributed by atoms with van der Waals surface area (Å²) in [5.41, 5.74) is 4.48. The number of benzene rings is 4. The van der Waals surface area contributed by atoms with Crippen molar-refractivity contribution in [1.82, 2.24) is 5.32 Å². The van der Waals surface area contributed by atoms with Crippen LogP contribution in [-0.4, -0.2) is 83.5 Å².